The van der Waals surface area contributed by atoms with E-state index in [1.54, 1.807) is 0 Å². The number of carbonyl (C=O) groups excluding carboxylic acids is 7. The van der Waals surface area contributed by atoms with E-state index in [-0.39, 0.29) is 12.3 Å². The Morgan fingerprint density at radius 3 is 0.843 bits per heavy atom. The summed E-state index contributed by atoms with van der Waals surface area (Å²) >= 11 is 0. The molecule has 2 amide bonds. The Hall–Kier alpha value is -7.94. The van der Waals surface area contributed by atoms with Crippen LogP contribution in [0.1, 0.15) is 378 Å². The highest BCUT2D eigenvalue weighted by Crippen LogP contribution is 2.62. The van der Waals surface area contributed by atoms with Gasteiger partial charge in [-0.3, -0.25) is 42.6 Å². The molecule has 13 atom stereocenters. The third-order valence-electron chi connectivity index (χ3n) is 24.3. The fraction of sp³-hybridized carbons (Fsp3) is 0.649. The highest BCUT2D eigenvalue weighted by atomic mass is 31.3. The molecule has 0 aromatic carbocycles. The molecule has 2 aliphatic heterocycles. The third-order valence-corrected chi connectivity index (χ3v) is 26.9. The summed E-state index contributed by atoms with van der Waals surface area (Å²) in [4.78, 5) is 109. The molecule has 2 rings (SSSR count). The molecule has 24 nitrogen and oxygen atoms in total. The van der Waals surface area contributed by atoms with Crippen molar-refractivity contribution in [3.8, 4) is 0 Å². The quantitative estimate of drug-likeness (QED) is 0.0190. The lowest BCUT2D eigenvalue weighted by Crippen LogP contribution is -2.71. The van der Waals surface area contributed by atoms with E-state index in [1.165, 1.54) is 101 Å². The first-order valence-electron chi connectivity index (χ1n) is 50.4. The summed E-state index contributed by atoms with van der Waals surface area (Å²) in [6, 6.07) is -4.44. The monoisotopic (exact) mass is 2010 g/mol. The molecule has 792 valence electrons. The maximum absolute atomic E-state index is 14.2. The summed E-state index contributed by atoms with van der Waals surface area (Å²) in [5.74, 6) is -9.16. The molecule has 0 aromatic rings. The van der Waals surface area contributed by atoms with E-state index in [4.69, 9.17) is 46.9 Å². The number of alkyl halides is 3. The fourth-order valence-corrected chi connectivity index (χ4v) is 18.1. The predicted molar refractivity (Wildman–Crippen MR) is 553 cm³/mol. The maximum atomic E-state index is 14.2. The van der Waals surface area contributed by atoms with Crippen LogP contribution >= 0.6 is 15.6 Å². The second-order valence-electron chi connectivity index (χ2n) is 38.8. The number of amides is 2. The zero-order valence-electron chi connectivity index (χ0n) is 89.1. The van der Waals surface area contributed by atoms with Crippen LogP contribution in [0.15, 0.2) is 186 Å². The van der Waals surface area contributed by atoms with Gasteiger partial charge in [-0.15, -0.1) is 0 Å². The van der Waals surface area contributed by atoms with Gasteiger partial charge in [0.25, 0.3) is 0 Å². The Bertz CT molecular complexity index is 4500. The van der Waals surface area contributed by atoms with Gasteiger partial charge in [0.1, 0.15) is 43.6 Å². The number of hydrogen-bond donors (Lipinski definition) is 4. The molecule has 2 saturated heterocycles. The molecule has 0 bridgehead atoms. The van der Waals surface area contributed by atoms with E-state index >= 15 is 0 Å². The van der Waals surface area contributed by atoms with Crippen LogP contribution in [0.2, 0.25) is 0 Å². The Morgan fingerprint density at radius 1 is 0.329 bits per heavy atom. The van der Waals surface area contributed by atoms with Crippen LogP contribution < -0.4 is 10.6 Å². The van der Waals surface area contributed by atoms with Gasteiger partial charge in [-0.25, -0.2) is 9.13 Å². The van der Waals surface area contributed by atoms with Crippen molar-refractivity contribution in [1.82, 2.24) is 10.6 Å². The van der Waals surface area contributed by atoms with Crippen LogP contribution in [0.3, 0.4) is 0 Å². The summed E-state index contributed by atoms with van der Waals surface area (Å²) in [5.41, 5.74) is 23.1. The third kappa shape index (κ3) is 62.6. The minimum Gasteiger partial charge on any atom is -0.463 e. The smallest absolute Gasteiger partial charge is 0.463 e. The van der Waals surface area contributed by atoms with Gasteiger partial charge < -0.3 is 58.3 Å². The lowest BCUT2D eigenvalue weighted by Gasteiger charge is -2.49. The number of phosphoric acid groups is 2. The van der Waals surface area contributed by atoms with Gasteiger partial charge in [0, 0.05) is 41.5 Å². The average molecular weight is 2010 g/mol. The number of phosphoric ester groups is 2. The van der Waals surface area contributed by atoms with Gasteiger partial charge in [0.2, 0.25) is 5.91 Å². The van der Waals surface area contributed by atoms with Crippen molar-refractivity contribution >= 4 is 57.3 Å². The largest absolute Gasteiger partial charge is 0.483 e. The average Bonchev–Trinajstić information content (AvgIpc) is 0.761. The topological polar surface area (TPSA) is 320 Å². The Labute approximate surface area is 838 Å². The second-order valence-corrected chi connectivity index (χ2v) is 41.8. The number of nitrogens with one attached hydrogen (secondary N) is 2. The van der Waals surface area contributed by atoms with Crippen LogP contribution in [0.5, 0.6) is 0 Å². The van der Waals surface area contributed by atoms with Gasteiger partial charge in [-0.2, -0.15) is 17.5 Å². The molecule has 2 unspecified atom stereocenters. The van der Waals surface area contributed by atoms with Crippen molar-refractivity contribution in [3.05, 3.63) is 186 Å². The standard InChI is InChI=1S/C111H175F3N2O22P2/c1-77(2)41-25-42-78(3)43-26-44-79(4)45-27-46-80(5)47-28-48-81(6)49-29-50-82(7)51-30-52-83(8)53-31-54-84(9)55-32-56-85(10)57-33-58-86(11)59-34-60-87(12)61-35-62-88(13)63-36-64-89(14)65-37-66-90(15)67-38-68-91(16)69-39-70-92(17)71-40-72-93(18)73-74-130-139(124,125)138-140(126,127)137-109-103(116-110(123)111(112,113)114)107(133-99(24)122)105(101(135-109)76-129-96(21)119)136-108-102(115-94(19)117)106(132-98(23)121)104(131-97(22)120)100(134-108)75-128-95(20)118/h41,43,45,47,49,51,53,55,57,59,61,63,65,67,69,71,93,100-109H,25-40,42,44,46,48,50,52,54,56,58,60,62,64,66,68,70,72-76H2,1-24H3,(H,115,117)(H,116,123)(H,124,125)(H,126,127)/b78-43+,79-45+,80-47-,81-49-,82-51-,83-53-,84-55-,85-57-,86-59-,87-61-,88-63-,89-65-,90-67-,91-69-,92-71-/t93-,100+,101+,102+,103+,104+,105+,106+,107+,108-,109+/m0/s1. The molecule has 29 heteroatoms. The van der Waals surface area contributed by atoms with Gasteiger partial charge in [0.05, 0.1) is 6.61 Å². The van der Waals surface area contributed by atoms with E-state index < -0.39 is 145 Å². The molecule has 2 fully saturated rings. The first kappa shape index (κ1) is 128. The van der Waals surface area contributed by atoms with E-state index in [1.807, 2.05) is 13.8 Å². The Balaban J connectivity index is 1.78. The fourth-order valence-electron chi connectivity index (χ4n) is 16.0. The van der Waals surface area contributed by atoms with Crippen LogP contribution in [0.25, 0.3) is 0 Å². The van der Waals surface area contributed by atoms with Crippen molar-refractivity contribution in [3.63, 3.8) is 0 Å². The molecule has 2 aliphatic rings. The molecule has 0 saturated carbocycles. The van der Waals surface area contributed by atoms with Gasteiger partial charge in [-0.1, -0.05) is 193 Å². The SMILES string of the molecule is CC(=O)N[C@H]1[C@H](O[C@H]2[C@H](OC(C)=O)[C@@H](NC(=O)C(F)(F)F)[C@@H](OP(=O)(O)OP(=O)(O)OCC[C@@H](C)CC/C=C(/C)CC/C=C(/C)CC/C=C(/C)CC/C=C(/C)CC/C=C(/C)CC/C=C(/C)CC/C=C(/C)CC/C=C(/C)CC/C=C(/C)CC/C=C(/C)CC/C=C(/C)CC/C=C(/C)CC/C=C(/C)CC/C=C(\C)CC/C=C(\C)CCC=C(C)C)O[C@@H]2COC(C)=O)O[C@H](COC(C)=O)[C@@H](OC(C)=O)[C@@H]1OC(C)=O. The molecular formula is C111H175F3N2O22P2. The number of carbonyl (C=O) groups is 7. The van der Waals surface area contributed by atoms with E-state index in [0.29, 0.717) is 12.8 Å². The zero-order valence-corrected chi connectivity index (χ0v) is 90.9. The number of esters is 5. The van der Waals surface area contributed by atoms with E-state index in [0.717, 1.165) is 228 Å². The minimum absolute atomic E-state index is 0.126. The maximum Gasteiger partial charge on any atom is 0.483 e. The first-order chi connectivity index (χ1) is 65.8. The summed E-state index contributed by atoms with van der Waals surface area (Å²) in [5, 5.41) is 3.82. The molecule has 140 heavy (non-hydrogen) atoms. The van der Waals surface area contributed by atoms with Gasteiger partial charge in [0.15, 0.2) is 30.9 Å². The molecule has 0 spiro atoms. The van der Waals surface area contributed by atoms with E-state index in [9.17, 15) is 65.6 Å². The normalized spacial score (nSPS) is 21.4. The number of hydrogen-bond acceptors (Lipinski definition) is 20. The van der Waals surface area contributed by atoms with Gasteiger partial charge in [-0.05, 0) is 336 Å². The summed E-state index contributed by atoms with van der Waals surface area (Å²) < 4.78 is 129. The molecule has 2 heterocycles. The molecule has 0 radical (unpaired) electrons. The van der Waals surface area contributed by atoms with Crippen LogP contribution in [0.4, 0.5) is 13.2 Å². The lowest BCUT2D eigenvalue weighted by molar-refractivity contribution is -0.328. The zero-order chi connectivity index (χ0) is 105. The lowest BCUT2D eigenvalue weighted by atomic mass is 9.94. The predicted octanol–water partition coefficient (Wildman–Crippen LogP) is 28.2. The van der Waals surface area contributed by atoms with Crippen molar-refractivity contribution in [1.29, 1.82) is 0 Å². The first-order valence-corrected chi connectivity index (χ1v) is 53.4. The Kier molecular flexibility index (Phi) is 64.7. The van der Waals surface area contributed by atoms with Crippen LogP contribution in [-0.4, -0.2) is 139 Å². The van der Waals surface area contributed by atoms with Crippen molar-refractivity contribution in [2.45, 2.75) is 446 Å². The number of halogens is 3. The second kappa shape index (κ2) is 70.7. The number of allylic oxidation sites excluding steroid dienone is 32. The molecule has 4 N–H and O–H groups in total. The van der Waals surface area contributed by atoms with Crippen LogP contribution in [-0.2, 0) is 93.9 Å². The summed E-state index contributed by atoms with van der Waals surface area (Å²) in [6.45, 7) is 43.1. The van der Waals surface area contributed by atoms with Crippen molar-refractivity contribution < 1.29 is 117 Å². The highest BCUT2D eigenvalue weighted by molar-refractivity contribution is 7.61. The van der Waals surface area contributed by atoms with Gasteiger partial charge >= 0.3 is 57.6 Å². The molecule has 0 aromatic heterocycles. The van der Waals surface area contributed by atoms with E-state index in [2.05, 4.69) is 218 Å². The Morgan fingerprint density at radius 2 is 0.579 bits per heavy atom. The van der Waals surface area contributed by atoms with Crippen molar-refractivity contribution in [2.75, 3.05) is 19.8 Å². The van der Waals surface area contributed by atoms with Crippen molar-refractivity contribution in [2.24, 2.45) is 5.92 Å². The molecule has 0 aliphatic carbocycles. The summed E-state index contributed by atoms with van der Waals surface area (Å²) in [6.07, 6.45) is 49.7. The molecular weight excluding hydrogens is 1830 g/mol. The minimum atomic E-state index is -6.13. The van der Waals surface area contributed by atoms with Crippen LogP contribution in [0, 0.1) is 5.92 Å². The summed E-state index contributed by atoms with van der Waals surface area (Å²) in [7, 11) is -11.8. The highest BCUT2D eigenvalue weighted by Gasteiger charge is 2.59. The number of ether oxygens (including phenoxy) is 8. The number of rotatable bonds is 67.